The van der Waals surface area contributed by atoms with E-state index in [9.17, 15) is 14.7 Å². The van der Waals surface area contributed by atoms with Crippen LogP contribution in [0.2, 0.25) is 0 Å². The molecule has 0 unspecified atom stereocenters. The number of hydrogen-bond acceptors (Lipinski definition) is 5. The highest BCUT2D eigenvalue weighted by Gasteiger charge is 2.13. The zero-order valence-electron chi connectivity index (χ0n) is 15.6. The SMILES string of the molecule is COc1cccc(C=NNC(=O)c2ccccc2NC(=O)c2ccccc2)c1O. The Bertz CT molecular complexity index is 1050. The summed E-state index contributed by atoms with van der Waals surface area (Å²) in [4.78, 5) is 24.9. The fourth-order valence-electron chi connectivity index (χ4n) is 2.60. The number of rotatable bonds is 6. The quantitative estimate of drug-likeness (QED) is 0.444. The second-order valence-electron chi connectivity index (χ2n) is 5.96. The Kier molecular flexibility index (Phi) is 6.22. The van der Waals surface area contributed by atoms with Gasteiger partial charge in [-0.25, -0.2) is 5.43 Å². The Hall–Kier alpha value is -4.13. The minimum atomic E-state index is -0.507. The first-order valence-corrected chi connectivity index (χ1v) is 8.75. The number of carbonyl (C=O) groups excluding carboxylic acids is 2. The summed E-state index contributed by atoms with van der Waals surface area (Å²) in [6, 6.07) is 20.2. The smallest absolute Gasteiger partial charge is 0.273 e. The molecule has 7 heteroatoms. The number of aromatic hydroxyl groups is 1. The highest BCUT2D eigenvalue weighted by atomic mass is 16.5. The Balaban J connectivity index is 1.73. The number of para-hydroxylation sites is 2. The average molecular weight is 389 g/mol. The van der Waals surface area contributed by atoms with Crippen molar-refractivity contribution in [2.75, 3.05) is 12.4 Å². The van der Waals surface area contributed by atoms with Crippen LogP contribution in [0.5, 0.6) is 11.5 Å². The summed E-state index contributed by atoms with van der Waals surface area (Å²) in [7, 11) is 1.44. The predicted octanol–water partition coefficient (Wildman–Crippen LogP) is 3.42. The van der Waals surface area contributed by atoms with Gasteiger partial charge in [0.2, 0.25) is 0 Å². The van der Waals surface area contributed by atoms with Gasteiger partial charge in [-0.05, 0) is 36.4 Å². The summed E-state index contributed by atoms with van der Waals surface area (Å²) < 4.78 is 5.03. The molecule has 3 N–H and O–H groups in total. The van der Waals surface area contributed by atoms with E-state index in [-0.39, 0.29) is 17.2 Å². The maximum absolute atomic E-state index is 12.5. The van der Waals surface area contributed by atoms with E-state index in [4.69, 9.17) is 4.74 Å². The number of amides is 2. The molecule has 0 aromatic heterocycles. The molecule has 0 aliphatic carbocycles. The van der Waals surface area contributed by atoms with Crippen molar-refractivity contribution in [1.82, 2.24) is 5.43 Å². The lowest BCUT2D eigenvalue weighted by atomic mass is 10.1. The number of hydrazone groups is 1. The molecule has 3 aromatic rings. The third-order valence-corrected chi connectivity index (χ3v) is 4.08. The molecule has 0 aliphatic rings. The number of hydrogen-bond donors (Lipinski definition) is 3. The van der Waals surface area contributed by atoms with Crippen molar-refractivity contribution >= 4 is 23.7 Å². The normalized spacial score (nSPS) is 10.5. The Morgan fingerprint density at radius 3 is 2.41 bits per heavy atom. The molecule has 0 fully saturated rings. The molecule has 146 valence electrons. The van der Waals surface area contributed by atoms with Gasteiger partial charge in [0.25, 0.3) is 11.8 Å². The Morgan fingerprint density at radius 1 is 0.931 bits per heavy atom. The summed E-state index contributed by atoms with van der Waals surface area (Å²) in [5.74, 6) is -0.610. The molecule has 0 saturated heterocycles. The summed E-state index contributed by atoms with van der Waals surface area (Å²) in [5.41, 5.74) is 3.87. The number of phenols is 1. The van der Waals surface area contributed by atoms with Crippen LogP contribution in [0.3, 0.4) is 0 Å². The third-order valence-electron chi connectivity index (χ3n) is 4.08. The number of ether oxygens (including phenoxy) is 1. The number of benzene rings is 3. The van der Waals surface area contributed by atoms with Gasteiger partial charge in [0.1, 0.15) is 0 Å². The monoisotopic (exact) mass is 389 g/mol. The molecular formula is C22H19N3O4. The first kappa shape index (κ1) is 19.6. The minimum Gasteiger partial charge on any atom is -0.504 e. The molecule has 3 aromatic carbocycles. The second-order valence-corrected chi connectivity index (χ2v) is 5.96. The highest BCUT2D eigenvalue weighted by molar-refractivity contribution is 6.09. The van der Waals surface area contributed by atoms with E-state index >= 15 is 0 Å². The van der Waals surface area contributed by atoms with Crippen LogP contribution in [0, 0.1) is 0 Å². The van der Waals surface area contributed by atoms with E-state index in [1.54, 1.807) is 66.7 Å². The van der Waals surface area contributed by atoms with E-state index in [0.717, 1.165) is 0 Å². The standard InChI is InChI=1S/C22H19N3O4/c1-29-19-13-7-10-16(20(19)26)14-23-25-22(28)17-11-5-6-12-18(17)24-21(27)15-8-3-2-4-9-15/h2-14,26H,1H3,(H,24,27)(H,25,28). The van der Waals surface area contributed by atoms with Crippen LogP contribution in [0.1, 0.15) is 26.3 Å². The number of carbonyl (C=O) groups is 2. The number of methoxy groups -OCH3 is 1. The van der Waals surface area contributed by atoms with Gasteiger partial charge in [0, 0.05) is 11.1 Å². The summed E-state index contributed by atoms with van der Waals surface area (Å²) >= 11 is 0. The van der Waals surface area contributed by atoms with Crippen molar-refractivity contribution in [2.24, 2.45) is 5.10 Å². The molecule has 0 radical (unpaired) electrons. The van der Waals surface area contributed by atoms with Crippen molar-refractivity contribution in [2.45, 2.75) is 0 Å². The van der Waals surface area contributed by atoms with Gasteiger partial charge in [-0.2, -0.15) is 5.10 Å². The number of nitrogens with one attached hydrogen (secondary N) is 2. The average Bonchev–Trinajstić information content (AvgIpc) is 2.76. The Morgan fingerprint density at radius 2 is 1.66 bits per heavy atom. The van der Waals surface area contributed by atoms with Gasteiger partial charge in [0.15, 0.2) is 11.5 Å². The Labute approximate surface area is 167 Å². The first-order chi connectivity index (χ1) is 14.1. The van der Waals surface area contributed by atoms with Gasteiger partial charge in [-0.15, -0.1) is 0 Å². The van der Waals surface area contributed by atoms with Crippen LogP contribution in [0.25, 0.3) is 0 Å². The van der Waals surface area contributed by atoms with Crippen LogP contribution < -0.4 is 15.5 Å². The van der Waals surface area contributed by atoms with E-state index in [1.165, 1.54) is 13.3 Å². The molecule has 29 heavy (non-hydrogen) atoms. The van der Waals surface area contributed by atoms with E-state index in [2.05, 4.69) is 15.8 Å². The maximum atomic E-state index is 12.5. The molecule has 3 rings (SSSR count). The molecule has 0 aliphatic heterocycles. The summed E-state index contributed by atoms with van der Waals surface area (Å²) in [5, 5.41) is 16.7. The van der Waals surface area contributed by atoms with Crippen molar-refractivity contribution in [3.8, 4) is 11.5 Å². The number of nitrogens with zero attached hydrogens (tertiary/aromatic N) is 1. The minimum absolute atomic E-state index is 0.0801. The van der Waals surface area contributed by atoms with Crippen LogP contribution in [-0.4, -0.2) is 30.2 Å². The summed E-state index contributed by atoms with van der Waals surface area (Å²) in [6.07, 6.45) is 1.31. The molecular weight excluding hydrogens is 370 g/mol. The highest BCUT2D eigenvalue weighted by Crippen LogP contribution is 2.27. The molecule has 2 amide bonds. The van der Waals surface area contributed by atoms with Gasteiger partial charge in [0.05, 0.1) is 24.6 Å². The van der Waals surface area contributed by atoms with Crippen LogP contribution in [-0.2, 0) is 0 Å². The van der Waals surface area contributed by atoms with Crippen molar-refractivity contribution < 1.29 is 19.4 Å². The van der Waals surface area contributed by atoms with Crippen LogP contribution in [0.4, 0.5) is 5.69 Å². The van der Waals surface area contributed by atoms with Gasteiger partial charge < -0.3 is 15.2 Å². The second kappa shape index (κ2) is 9.18. The van der Waals surface area contributed by atoms with Gasteiger partial charge >= 0.3 is 0 Å². The van der Waals surface area contributed by atoms with Crippen LogP contribution in [0.15, 0.2) is 77.9 Å². The van der Waals surface area contributed by atoms with Gasteiger partial charge in [-0.1, -0.05) is 36.4 Å². The molecule has 0 atom stereocenters. The molecule has 0 bridgehead atoms. The molecule has 0 saturated carbocycles. The first-order valence-electron chi connectivity index (χ1n) is 8.75. The third kappa shape index (κ3) is 4.78. The van der Waals surface area contributed by atoms with E-state index < -0.39 is 5.91 Å². The summed E-state index contributed by atoms with van der Waals surface area (Å²) in [6.45, 7) is 0. The lowest BCUT2D eigenvalue weighted by Crippen LogP contribution is -2.21. The fraction of sp³-hybridized carbons (Fsp3) is 0.0455. The maximum Gasteiger partial charge on any atom is 0.273 e. The zero-order valence-corrected chi connectivity index (χ0v) is 15.6. The fourth-order valence-corrected chi connectivity index (χ4v) is 2.60. The molecule has 0 heterocycles. The largest absolute Gasteiger partial charge is 0.504 e. The van der Waals surface area contributed by atoms with Gasteiger partial charge in [-0.3, -0.25) is 9.59 Å². The molecule has 7 nitrogen and oxygen atoms in total. The van der Waals surface area contributed by atoms with E-state index in [0.29, 0.717) is 22.6 Å². The zero-order chi connectivity index (χ0) is 20.6. The van der Waals surface area contributed by atoms with Crippen molar-refractivity contribution in [3.63, 3.8) is 0 Å². The van der Waals surface area contributed by atoms with Crippen molar-refractivity contribution in [1.29, 1.82) is 0 Å². The molecule has 0 spiro atoms. The lowest BCUT2D eigenvalue weighted by Gasteiger charge is -2.10. The number of phenolic OH excluding ortho intramolecular Hbond substituents is 1. The lowest BCUT2D eigenvalue weighted by molar-refractivity contribution is 0.0956. The number of anilines is 1. The van der Waals surface area contributed by atoms with Crippen LogP contribution >= 0.6 is 0 Å². The van der Waals surface area contributed by atoms with Crippen molar-refractivity contribution in [3.05, 3.63) is 89.5 Å². The predicted molar refractivity (Wildman–Crippen MR) is 111 cm³/mol. The topological polar surface area (TPSA) is 100 Å². The van der Waals surface area contributed by atoms with E-state index in [1.807, 2.05) is 6.07 Å².